The average Bonchev–Trinajstić information content (AvgIpc) is 2.94. The summed E-state index contributed by atoms with van der Waals surface area (Å²) in [6.45, 7) is 8.41. The lowest BCUT2D eigenvalue weighted by Crippen LogP contribution is -2.15. The van der Waals surface area contributed by atoms with Crippen molar-refractivity contribution in [3.8, 4) is 5.75 Å². The summed E-state index contributed by atoms with van der Waals surface area (Å²) in [6, 6.07) is 17.5. The number of hydrogen-bond acceptors (Lipinski definition) is 2. The summed E-state index contributed by atoms with van der Waals surface area (Å²) < 4.78 is 7.38. The van der Waals surface area contributed by atoms with Crippen LogP contribution in [0.4, 0.5) is 0 Å². The summed E-state index contributed by atoms with van der Waals surface area (Å²) in [5.74, 6) is 0.942. The molecule has 0 saturated heterocycles. The van der Waals surface area contributed by atoms with Gasteiger partial charge in [0.25, 0.3) is 0 Å². The maximum absolute atomic E-state index is 12.9. The number of fused-ring (bicyclic) bond motifs is 1. The number of rotatable bonds is 4. The second-order valence-electron chi connectivity index (χ2n) is 7.71. The molecule has 0 saturated carbocycles. The molecule has 26 heavy (non-hydrogen) atoms. The Hall–Kier alpha value is -2.55. The zero-order valence-electron chi connectivity index (χ0n) is 16.2. The maximum atomic E-state index is 12.9. The highest BCUT2D eigenvalue weighted by Crippen LogP contribution is 2.38. The third-order valence-electron chi connectivity index (χ3n) is 4.72. The van der Waals surface area contributed by atoms with Gasteiger partial charge in [-0.3, -0.25) is 9.36 Å². The molecule has 0 bridgehead atoms. The standard InChI is InChI=1S/C23H26NO2/c1-16-15-18-19(12-13-20(26-5)22(18)23(2,3)4)24(16)21(25)14-11-17-9-7-6-8-10-17/h6-10,12-13H,11,14H2,1-5H3. The molecule has 0 unspecified atom stereocenters. The van der Waals surface area contributed by atoms with Gasteiger partial charge < -0.3 is 4.74 Å². The predicted molar refractivity (Wildman–Crippen MR) is 106 cm³/mol. The molecule has 0 aliphatic rings. The maximum Gasteiger partial charge on any atom is 0.231 e. The molecule has 3 aromatic rings. The topological polar surface area (TPSA) is 31.2 Å². The zero-order valence-corrected chi connectivity index (χ0v) is 16.2. The van der Waals surface area contributed by atoms with Crippen molar-refractivity contribution < 1.29 is 9.53 Å². The average molecular weight is 348 g/mol. The number of carbonyl (C=O) groups excluding carboxylic acids is 1. The number of nitrogens with zero attached hydrogens (tertiary/aromatic N) is 1. The Bertz CT molecular complexity index is 930. The predicted octanol–water partition coefficient (Wildman–Crippen LogP) is 5.33. The van der Waals surface area contributed by atoms with Crippen molar-refractivity contribution in [1.29, 1.82) is 0 Å². The minimum Gasteiger partial charge on any atom is -0.496 e. The highest BCUT2D eigenvalue weighted by molar-refractivity contribution is 5.96. The van der Waals surface area contributed by atoms with Crippen LogP contribution >= 0.6 is 0 Å². The van der Waals surface area contributed by atoms with Crippen molar-refractivity contribution >= 4 is 16.8 Å². The fraction of sp³-hybridized carbons (Fsp3) is 0.348. The molecule has 0 amide bonds. The van der Waals surface area contributed by atoms with Gasteiger partial charge in [0, 0.05) is 29.1 Å². The first-order chi connectivity index (χ1) is 12.3. The van der Waals surface area contributed by atoms with Crippen molar-refractivity contribution in [2.75, 3.05) is 7.11 Å². The Balaban J connectivity index is 2.01. The highest BCUT2D eigenvalue weighted by atomic mass is 16.5. The molecule has 0 aliphatic heterocycles. The van der Waals surface area contributed by atoms with Gasteiger partial charge in [0.1, 0.15) is 5.75 Å². The quantitative estimate of drug-likeness (QED) is 0.638. The number of aromatic nitrogens is 1. The van der Waals surface area contributed by atoms with Crippen LogP contribution in [0, 0.1) is 13.0 Å². The van der Waals surface area contributed by atoms with Gasteiger partial charge in [0.05, 0.1) is 12.6 Å². The summed E-state index contributed by atoms with van der Waals surface area (Å²) in [4.78, 5) is 12.9. The molecule has 2 aromatic carbocycles. The van der Waals surface area contributed by atoms with Crippen LogP contribution in [0.3, 0.4) is 0 Å². The lowest BCUT2D eigenvalue weighted by Gasteiger charge is -2.23. The fourth-order valence-electron chi connectivity index (χ4n) is 3.55. The minimum atomic E-state index is -0.104. The summed E-state index contributed by atoms with van der Waals surface area (Å²) in [7, 11) is 1.69. The van der Waals surface area contributed by atoms with Crippen LogP contribution in [-0.2, 0) is 11.8 Å². The number of hydrogen-bond donors (Lipinski definition) is 0. The van der Waals surface area contributed by atoms with Gasteiger partial charge in [-0.25, -0.2) is 0 Å². The summed E-state index contributed by atoms with van der Waals surface area (Å²) in [6.07, 6.45) is 1.21. The number of methoxy groups -OCH3 is 1. The molecule has 0 N–H and O–H groups in total. The van der Waals surface area contributed by atoms with Crippen LogP contribution in [0.2, 0.25) is 0 Å². The first kappa shape index (κ1) is 18.2. The molecule has 3 nitrogen and oxygen atoms in total. The second kappa shape index (κ2) is 6.99. The Morgan fingerprint density at radius 2 is 1.81 bits per heavy atom. The van der Waals surface area contributed by atoms with E-state index in [4.69, 9.17) is 4.74 Å². The van der Waals surface area contributed by atoms with E-state index in [0.717, 1.165) is 34.3 Å². The Labute approximate surface area is 155 Å². The SMILES string of the molecule is COc1ccc2c([c]c(C)n2C(=O)CCc2ccccc2)c1C(C)(C)C. The van der Waals surface area contributed by atoms with E-state index < -0.39 is 0 Å². The number of aryl methyl sites for hydroxylation is 2. The molecular formula is C23H26NO2. The molecule has 3 heteroatoms. The van der Waals surface area contributed by atoms with E-state index >= 15 is 0 Å². The van der Waals surface area contributed by atoms with Crippen molar-refractivity contribution in [3.63, 3.8) is 0 Å². The summed E-state index contributed by atoms with van der Waals surface area (Å²) in [5, 5.41) is 0.974. The van der Waals surface area contributed by atoms with E-state index in [2.05, 4.69) is 39.0 Å². The first-order valence-corrected chi connectivity index (χ1v) is 9.02. The van der Waals surface area contributed by atoms with E-state index in [1.54, 1.807) is 11.7 Å². The normalized spacial score (nSPS) is 11.7. The Morgan fingerprint density at radius 1 is 1.12 bits per heavy atom. The lowest BCUT2D eigenvalue weighted by atomic mass is 9.84. The lowest BCUT2D eigenvalue weighted by molar-refractivity contribution is 0.0906. The summed E-state index contributed by atoms with van der Waals surface area (Å²) in [5.41, 5.74) is 3.92. The molecule has 135 valence electrons. The van der Waals surface area contributed by atoms with E-state index in [1.807, 2.05) is 37.3 Å². The Kier molecular flexibility index (Phi) is 4.90. The Morgan fingerprint density at radius 3 is 2.42 bits per heavy atom. The zero-order chi connectivity index (χ0) is 18.9. The smallest absolute Gasteiger partial charge is 0.231 e. The van der Waals surface area contributed by atoms with Crippen molar-refractivity contribution in [2.24, 2.45) is 0 Å². The molecule has 3 rings (SSSR count). The van der Waals surface area contributed by atoms with Gasteiger partial charge in [-0.05, 0) is 36.5 Å². The third kappa shape index (κ3) is 3.39. The minimum absolute atomic E-state index is 0.0997. The number of carbonyl (C=O) groups is 1. The van der Waals surface area contributed by atoms with Crippen LogP contribution < -0.4 is 4.74 Å². The largest absolute Gasteiger partial charge is 0.496 e. The molecule has 0 fully saturated rings. The third-order valence-corrected chi connectivity index (χ3v) is 4.72. The van der Waals surface area contributed by atoms with Gasteiger partial charge in [-0.15, -0.1) is 0 Å². The van der Waals surface area contributed by atoms with Crippen LogP contribution in [0.1, 0.15) is 48.8 Å². The summed E-state index contributed by atoms with van der Waals surface area (Å²) >= 11 is 0. The van der Waals surface area contributed by atoms with Crippen LogP contribution in [0.5, 0.6) is 5.75 Å². The van der Waals surface area contributed by atoms with E-state index in [1.165, 1.54) is 5.56 Å². The van der Waals surface area contributed by atoms with Gasteiger partial charge in [-0.2, -0.15) is 0 Å². The van der Waals surface area contributed by atoms with E-state index in [-0.39, 0.29) is 11.3 Å². The van der Waals surface area contributed by atoms with Crippen LogP contribution in [0.25, 0.3) is 10.9 Å². The van der Waals surface area contributed by atoms with E-state index in [0.29, 0.717) is 6.42 Å². The second-order valence-corrected chi connectivity index (χ2v) is 7.71. The highest BCUT2D eigenvalue weighted by Gasteiger charge is 2.25. The van der Waals surface area contributed by atoms with Crippen molar-refractivity contribution in [3.05, 3.63) is 65.4 Å². The molecular weight excluding hydrogens is 322 g/mol. The number of benzene rings is 2. The van der Waals surface area contributed by atoms with Gasteiger partial charge in [0.15, 0.2) is 0 Å². The van der Waals surface area contributed by atoms with Gasteiger partial charge in [-0.1, -0.05) is 51.1 Å². The molecule has 1 aromatic heterocycles. The van der Waals surface area contributed by atoms with Crippen molar-refractivity contribution in [1.82, 2.24) is 4.57 Å². The molecule has 0 atom stereocenters. The first-order valence-electron chi connectivity index (χ1n) is 9.02. The van der Waals surface area contributed by atoms with E-state index in [9.17, 15) is 4.79 Å². The monoisotopic (exact) mass is 348 g/mol. The number of ether oxygens (including phenoxy) is 1. The van der Waals surface area contributed by atoms with Crippen LogP contribution in [-0.4, -0.2) is 17.6 Å². The van der Waals surface area contributed by atoms with Crippen LogP contribution in [0.15, 0.2) is 42.5 Å². The van der Waals surface area contributed by atoms with Crippen molar-refractivity contribution in [2.45, 2.75) is 46.0 Å². The van der Waals surface area contributed by atoms with Gasteiger partial charge >= 0.3 is 0 Å². The molecule has 1 heterocycles. The fourth-order valence-corrected chi connectivity index (χ4v) is 3.55. The van der Waals surface area contributed by atoms with Gasteiger partial charge in [0.2, 0.25) is 5.91 Å². The molecule has 0 aliphatic carbocycles. The molecule has 1 radical (unpaired) electrons. The molecule has 0 spiro atoms.